The fraction of sp³-hybridized carbons (Fsp3) is 0.467. The van der Waals surface area contributed by atoms with Gasteiger partial charge in [-0.2, -0.15) is 0 Å². The maximum Gasteiger partial charge on any atom is 0.326 e. The molecule has 1 atom stereocenters. The molecule has 1 heterocycles. The quantitative estimate of drug-likeness (QED) is 0.614. The number of carboxylic acid groups (broad SMARTS) is 1. The molecule has 4 nitrogen and oxygen atoms in total. The van der Waals surface area contributed by atoms with Crippen molar-refractivity contribution in [2.45, 2.75) is 36.6 Å². The first-order valence-electron chi connectivity index (χ1n) is 6.98. The average molecular weight is 372 g/mol. The summed E-state index contributed by atoms with van der Waals surface area (Å²) in [7, 11) is 0. The summed E-state index contributed by atoms with van der Waals surface area (Å²) >= 11 is 5.11. The van der Waals surface area contributed by atoms with Crippen LogP contribution in [0.25, 0.3) is 0 Å². The van der Waals surface area contributed by atoms with Gasteiger partial charge in [-0.15, -0.1) is 11.8 Å². The van der Waals surface area contributed by atoms with Gasteiger partial charge < -0.3 is 10.0 Å². The number of benzene rings is 1. The Kier molecular flexibility index (Phi) is 6.11. The van der Waals surface area contributed by atoms with Gasteiger partial charge in [0.1, 0.15) is 6.04 Å². The van der Waals surface area contributed by atoms with E-state index in [0.717, 1.165) is 23.1 Å². The molecule has 1 aromatic rings. The van der Waals surface area contributed by atoms with Crippen molar-refractivity contribution in [3.05, 3.63) is 28.7 Å². The van der Waals surface area contributed by atoms with Gasteiger partial charge in [-0.1, -0.05) is 15.9 Å². The summed E-state index contributed by atoms with van der Waals surface area (Å²) in [4.78, 5) is 25.8. The molecule has 0 spiro atoms. The normalized spacial score (nSPS) is 18.0. The molecule has 1 aliphatic rings. The SMILES string of the molecule is O=C(O)C1CCCN1C(=O)CCCSc1ccc(Br)cc1. The van der Waals surface area contributed by atoms with Crippen molar-refractivity contribution in [2.75, 3.05) is 12.3 Å². The number of hydrogen-bond donors (Lipinski definition) is 1. The van der Waals surface area contributed by atoms with Crippen molar-refractivity contribution in [3.8, 4) is 0 Å². The number of carbonyl (C=O) groups is 2. The summed E-state index contributed by atoms with van der Waals surface area (Å²) in [6, 6.07) is 7.45. The minimum atomic E-state index is -0.884. The molecule has 21 heavy (non-hydrogen) atoms. The number of halogens is 1. The summed E-state index contributed by atoms with van der Waals surface area (Å²) in [5.41, 5.74) is 0. The molecule has 114 valence electrons. The van der Waals surface area contributed by atoms with Crippen molar-refractivity contribution < 1.29 is 14.7 Å². The second-order valence-corrected chi connectivity index (χ2v) is 7.07. The summed E-state index contributed by atoms with van der Waals surface area (Å²) in [6.07, 6.45) is 2.56. The zero-order valence-corrected chi connectivity index (χ0v) is 14.0. The number of rotatable bonds is 6. The Morgan fingerprint density at radius 2 is 2.05 bits per heavy atom. The van der Waals surface area contributed by atoms with Gasteiger partial charge in [-0.25, -0.2) is 4.79 Å². The van der Waals surface area contributed by atoms with Gasteiger partial charge in [0.15, 0.2) is 0 Å². The van der Waals surface area contributed by atoms with Gasteiger partial charge in [0.25, 0.3) is 0 Å². The number of carboxylic acids is 1. The predicted octanol–water partition coefficient (Wildman–Crippen LogP) is 3.40. The standard InChI is InChI=1S/C15H18BrNO3S/c16-11-5-7-12(8-6-11)21-10-2-4-14(18)17-9-1-3-13(17)15(19)20/h5-8,13H,1-4,9-10H2,(H,19,20). The molecule has 1 amide bonds. The second-order valence-electron chi connectivity index (χ2n) is 4.99. The number of nitrogens with zero attached hydrogens (tertiary/aromatic N) is 1. The highest BCUT2D eigenvalue weighted by Gasteiger charge is 2.33. The lowest BCUT2D eigenvalue weighted by molar-refractivity contribution is -0.148. The molecule has 0 bridgehead atoms. The molecule has 1 saturated heterocycles. The Morgan fingerprint density at radius 3 is 2.71 bits per heavy atom. The van der Waals surface area contributed by atoms with Crippen LogP contribution in [-0.4, -0.2) is 40.2 Å². The highest BCUT2D eigenvalue weighted by atomic mass is 79.9. The van der Waals surface area contributed by atoms with E-state index in [4.69, 9.17) is 5.11 Å². The molecular weight excluding hydrogens is 354 g/mol. The third-order valence-corrected chi connectivity index (χ3v) is 5.10. The summed E-state index contributed by atoms with van der Waals surface area (Å²) in [6.45, 7) is 0.579. The van der Waals surface area contributed by atoms with E-state index >= 15 is 0 Å². The van der Waals surface area contributed by atoms with E-state index in [1.165, 1.54) is 9.80 Å². The van der Waals surface area contributed by atoms with E-state index in [1.54, 1.807) is 11.8 Å². The van der Waals surface area contributed by atoms with E-state index in [-0.39, 0.29) is 5.91 Å². The molecule has 1 aromatic carbocycles. The van der Waals surface area contributed by atoms with Crippen LogP contribution in [0, 0.1) is 0 Å². The first-order chi connectivity index (χ1) is 10.1. The van der Waals surface area contributed by atoms with Crippen molar-refractivity contribution in [2.24, 2.45) is 0 Å². The minimum Gasteiger partial charge on any atom is -0.480 e. The fourth-order valence-corrected chi connectivity index (χ4v) is 3.53. The number of hydrogen-bond acceptors (Lipinski definition) is 3. The van der Waals surface area contributed by atoms with E-state index in [0.29, 0.717) is 19.4 Å². The Morgan fingerprint density at radius 1 is 1.33 bits per heavy atom. The molecule has 1 fully saturated rings. The predicted molar refractivity (Wildman–Crippen MR) is 86.5 cm³/mol. The molecule has 6 heteroatoms. The van der Waals surface area contributed by atoms with Crippen LogP contribution in [0.15, 0.2) is 33.6 Å². The second kappa shape index (κ2) is 7.84. The van der Waals surface area contributed by atoms with E-state index in [2.05, 4.69) is 15.9 Å². The van der Waals surface area contributed by atoms with Crippen molar-refractivity contribution in [1.82, 2.24) is 4.90 Å². The van der Waals surface area contributed by atoms with Crippen LogP contribution in [0.1, 0.15) is 25.7 Å². The molecule has 0 saturated carbocycles. The highest BCUT2D eigenvalue weighted by Crippen LogP contribution is 2.23. The van der Waals surface area contributed by atoms with Gasteiger partial charge in [0.05, 0.1) is 0 Å². The van der Waals surface area contributed by atoms with Crippen LogP contribution in [0.5, 0.6) is 0 Å². The van der Waals surface area contributed by atoms with Gasteiger partial charge in [0.2, 0.25) is 5.91 Å². The van der Waals surface area contributed by atoms with Crippen molar-refractivity contribution in [1.29, 1.82) is 0 Å². The lowest BCUT2D eigenvalue weighted by Crippen LogP contribution is -2.40. The monoisotopic (exact) mass is 371 g/mol. The number of thioether (sulfide) groups is 1. The summed E-state index contributed by atoms with van der Waals surface area (Å²) in [5, 5.41) is 9.07. The first kappa shape index (κ1) is 16.4. The third kappa shape index (κ3) is 4.74. The van der Waals surface area contributed by atoms with Crippen LogP contribution in [0.3, 0.4) is 0 Å². The average Bonchev–Trinajstić information content (AvgIpc) is 2.95. The third-order valence-electron chi connectivity index (χ3n) is 3.48. The smallest absolute Gasteiger partial charge is 0.326 e. The van der Waals surface area contributed by atoms with Crippen LogP contribution in [0.2, 0.25) is 0 Å². The number of amides is 1. The van der Waals surface area contributed by atoms with E-state index < -0.39 is 12.0 Å². The molecule has 0 radical (unpaired) electrons. The van der Waals surface area contributed by atoms with Crippen molar-refractivity contribution >= 4 is 39.6 Å². The molecule has 0 aliphatic carbocycles. The van der Waals surface area contributed by atoms with Crippen LogP contribution >= 0.6 is 27.7 Å². The van der Waals surface area contributed by atoms with Crippen LogP contribution in [-0.2, 0) is 9.59 Å². The fourth-order valence-electron chi connectivity index (χ4n) is 2.41. The zero-order chi connectivity index (χ0) is 15.2. The molecule has 0 aromatic heterocycles. The van der Waals surface area contributed by atoms with Crippen LogP contribution in [0.4, 0.5) is 0 Å². The highest BCUT2D eigenvalue weighted by molar-refractivity contribution is 9.10. The lowest BCUT2D eigenvalue weighted by Gasteiger charge is -2.21. The maximum atomic E-state index is 12.1. The van der Waals surface area contributed by atoms with Gasteiger partial charge in [0, 0.05) is 22.3 Å². The summed E-state index contributed by atoms with van der Waals surface area (Å²) < 4.78 is 1.05. The number of aliphatic carboxylic acids is 1. The summed E-state index contributed by atoms with van der Waals surface area (Å²) in [5.74, 6) is -0.0553. The topological polar surface area (TPSA) is 57.6 Å². The van der Waals surface area contributed by atoms with Gasteiger partial charge in [-0.05, 0) is 49.3 Å². The zero-order valence-electron chi connectivity index (χ0n) is 11.6. The Hall–Kier alpha value is -1.01. The number of carbonyl (C=O) groups excluding carboxylic acids is 1. The molecule has 1 aliphatic heterocycles. The molecule has 1 N–H and O–H groups in total. The number of likely N-dealkylation sites (tertiary alicyclic amines) is 1. The minimum absolute atomic E-state index is 0.0312. The van der Waals surface area contributed by atoms with E-state index in [1.807, 2.05) is 24.3 Å². The Bertz CT molecular complexity index is 506. The first-order valence-corrected chi connectivity index (χ1v) is 8.76. The van der Waals surface area contributed by atoms with Gasteiger partial charge in [-0.3, -0.25) is 4.79 Å². The molecule has 1 unspecified atom stereocenters. The lowest BCUT2D eigenvalue weighted by atomic mass is 10.2. The maximum absolute atomic E-state index is 12.1. The Labute approximate surface area is 137 Å². The van der Waals surface area contributed by atoms with Crippen molar-refractivity contribution in [3.63, 3.8) is 0 Å². The van der Waals surface area contributed by atoms with E-state index in [9.17, 15) is 9.59 Å². The van der Waals surface area contributed by atoms with Crippen LogP contribution < -0.4 is 0 Å². The molecule has 2 rings (SSSR count). The van der Waals surface area contributed by atoms with Gasteiger partial charge >= 0.3 is 5.97 Å². The molecular formula is C15H18BrNO3S. The Balaban J connectivity index is 1.72. The largest absolute Gasteiger partial charge is 0.480 e.